The summed E-state index contributed by atoms with van der Waals surface area (Å²) in [6.45, 7) is 0. The van der Waals surface area contributed by atoms with Crippen molar-refractivity contribution in [1.82, 2.24) is 0 Å². The maximum Gasteiger partial charge on any atom is 0.347 e. The van der Waals surface area contributed by atoms with Crippen LogP contribution in [0.1, 0.15) is 26.3 Å². The van der Waals surface area contributed by atoms with Gasteiger partial charge in [-0.05, 0) is 47.0 Å². The molecule has 4 aromatic rings. The molecule has 0 aliphatic carbocycles. The zero-order chi connectivity index (χ0) is 23.0. The Morgan fingerprint density at radius 2 is 1.42 bits per heavy atom. The van der Waals surface area contributed by atoms with Gasteiger partial charge in [-0.1, -0.05) is 84.9 Å². The molecule has 4 nitrogen and oxygen atoms in total. The van der Waals surface area contributed by atoms with Crippen LogP contribution in [-0.4, -0.2) is 18.9 Å². The van der Waals surface area contributed by atoms with E-state index in [9.17, 15) is 9.59 Å². The molecular formula is C29H22O4. The van der Waals surface area contributed by atoms with Crippen LogP contribution in [0.4, 0.5) is 0 Å². The minimum Gasteiger partial charge on any atom is -0.496 e. The average Bonchev–Trinajstić information content (AvgIpc) is 2.88. The molecule has 0 atom stereocenters. The second-order valence-electron chi connectivity index (χ2n) is 7.30. The zero-order valence-corrected chi connectivity index (χ0v) is 18.1. The summed E-state index contributed by atoms with van der Waals surface area (Å²) in [6.07, 6.45) is 3.21. The van der Waals surface area contributed by atoms with E-state index in [4.69, 9.17) is 9.47 Å². The number of allylic oxidation sites excluding steroid dienone is 1. The normalized spacial score (nSPS) is 10.7. The number of benzene rings is 4. The van der Waals surface area contributed by atoms with Gasteiger partial charge in [0, 0.05) is 5.56 Å². The van der Waals surface area contributed by atoms with E-state index in [1.165, 1.54) is 13.2 Å². The number of carbonyl (C=O) groups excluding carboxylic acids is 2. The molecule has 0 amide bonds. The molecule has 162 valence electrons. The average molecular weight is 434 g/mol. The minimum absolute atomic E-state index is 0.106. The highest BCUT2D eigenvalue weighted by Crippen LogP contribution is 2.22. The van der Waals surface area contributed by atoms with Crippen molar-refractivity contribution >= 4 is 17.8 Å². The molecule has 0 unspecified atom stereocenters. The van der Waals surface area contributed by atoms with E-state index in [1.807, 2.05) is 60.7 Å². The molecule has 0 aliphatic heterocycles. The molecule has 0 saturated heterocycles. The van der Waals surface area contributed by atoms with E-state index in [0.717, 1.165) is 16.7 Å². The van der Waals surface area contributed by atoms with Crippen molar-refractivity contribution in [2.24, 2.45) is 0 Å². The van der Waals surface area contributed by atoms with Gasteiger partial charge >= 0.3 is 5.97 Å². The zero-order valence-electron chi connectivity index (χ0n) is 18.1. The van der Waals surface area contributed by atoms with Crippen molar-refractivity contribution in [2.75, 3.05) is 7.11 Å². The standard InChI is InChI=1S/C29H22O4/c1-32-28-13-6-5-12-26(28)29(31)33-25-11-7-8-21(20-25)14-19-27(30)24-17-15-23(16-18-24)22-9-3-2-4-10-22/h2-20H,1H3/b19-14+. The number of ether oxygens (including phenoxy) is 2. The van der Waals surface area contributed by atoms with Crippen molar-refractivity contribution in [3.8, 4) is 22.6 Å². The Labute approximate surface area is 192 Å². The van der Waals surface area contributed by atoms with Crippen LogP contribution >= 0.6 is 0 Å². The number of rotatable bonds is 7. The summed E-state index contributed by atoms with van der Waals surface area (Å²) in [5.74, 6) is 0.212. The number of carbonyl (C=O) groups is 2. The maximum atomic E-state index is 12.6. The quantitative estimate of drug-likeness (QED) is 0.145. The van der Waals surface area contributed by atoms with Crippen LogP contribution in [0.15, 0.2) is 109 Å². The summed E-state index contributed by atoms with van der Waals surface area (Å²) < 4.78 is 10.7. The number of esters is 1. The van der Waals surface area contributed by atoms with E-state index in [-0.39, 0.29) is 5.78 Å². The number of ketones is 1. The lowest BCUT2D eigenvalue weighted by molar-refractivity contribution is 0.0731. The highest BCUT2D eigenvalue weighted by molar-refractivity contribution is 6.07. The third-order valence-electron chi connectivity index (χ3n) is 5.10. The molecule has 0 spiro atoms. The molecule has 0 radical (unpaired) electrons. The summed E-state index contributed by atoms with van der Waals surface area (Å²) in [4.78, 5) is 25.1. The minimum atomic E-state index is -0.511. The first-order chi connectivity index (χ1) is 16.1. The van der Waals surface area contributed by atoms with Crippen LogP contribution in [0, 0.1) is 0 Å². The summed E-state index contributed by atoms with van der Waals surface area (Å²) in [6, 6.07) is 31.4. The molecule has 4 aromatic carbocycles. The Hall–Kier alpha value is -4.44. The Morgan fingerprint density at radius 1 is 0.727 bits per heavy atom. The summed E-state index contributed by atoms with van der Waals surface area (Å²) in [7, 11) is 1.50. The van der Waals surface area contributed by atoms with Gasteiger partial charge in [0.2, 0.25) is 0 Å². The molecule has 33 heavy (non-hydrogen) atoms. The van der Waals surface area contributed by atoms with Gasteiger partial charge in [0.15, 0.2) is 5.78 Å². The lowest BCUT2D eigenvalue weighted by Crippen LogP contribution is -2.10. The van der Waals surface area contributed by atoms with Gasteiger partial charge < -0.3 is 9.47 Å². The lowest BCUT2D eigenvalue weighted by Gasteiger charge is -2.08. The van der Waals surface area contributed by atoms with E-state index in [2.05, 4.69) is 0 Å². The second-order valence-corrected chi connectivity index (χ2v) is 7.30. The highest BCUT2D eigenvalue weighted by atomic mass is 16.5. The van der Waals surface area contributed by atoms with Gasteiger partial charge in [-0.2, -0.15) is 0 Å². The van der Waals surface area contributed by atoms with Crippen LogP contribution in [0.3, 0.4) is 0 Å². The van der Waals surface area contributed by atoms with Gasteiger partial charge in [-0.3, -0.25) is 4.79 Å². The number of hydrogen-bond acceptors (Lipinski definition) is 4. The molecule has 4 heteroatoms. The smallest absolute Gasteiger partial charge is 0.347 e. The van der Waals surface area contributed by atoms with Crippen molar-refractivity contribution < 1.29 is 19.1 Å². The number of hydrogen-bond donors (Lipinski definition) is 0. The molecule has 4 rings (SSSR count). The van der Waals surface area contributed by atoms with E-state index in [1.54, 1.807) is 48.5 Å². The topological polar surface area (TPSA) is 52.6 Å². The van der Waals surface area contributed by atoms with Gasteiger partial charge in [0.05, 0.1) is 7.11 Å². The van der Waals surface area contributed by atoms with Crippen molar-refractivity contribution in [3.05, 3.63) is 126 Å². The Kier molecular flexibility index (Phi) is 6.76. The Morgan fingerprint density at radius 3 is 2.18 bits per heavy atom. The molecule has 0 saturated carbocycles. The fraction of sp³-hybridized carbons (Fsp3) is 0.0345. The molecule has 0 bridgehead atoms. The first-order valence-electron chi connectivity index (χ1n) is 10.5. The van der Waals surface area contributed by atoms with Crippen molar-refractivity contribution in [3.63, 3.8) is 0 Å². The molecular weight excluding hydrogens is 412 g/mol. The fourth-order valence-corrected chi connectivity index (χ4v) is 3.38. The largest absolute Gasteiger partial charge is 0.496 e. The number of methoxy groups -OCH3 is 1. The first kappa shape index (κ1) is 21.8. The molecule has 0 heterocycles. The van der Waals surface area contributed by atoms with Crippen molar-refractivity contribution in [1.29, 1.82) is 0 Å². The summed E-state index contributed by atoms with van der Waals surface area (Å²) in [5.41, 5.74) is 3.85. The van der Waals surface area contributed by atoms with E-state index in [0.29, 0.717) is 22.6 Å². The molecule has 0 aliphatic rings. The molecule has 0 aromatic heterocycles. The van der Waals surface area contributed by atoms with Gasteiger partial charge in [-0.25, -0.2) is 4.79 Å². The van der Waals surface area contributed by atoms with Crippen LogP contribution in [0.25, 0.3) is 17.2 Å². The number of para-hydroxylation sites is 1. The third kappa shape index (κ3) is 5.43. The van der Waals surface area contributed by atoms with E-state index < -0.39 is 5.97 Å². The van der Waals surface area contributed by atoms with Gasteiger partial charge in [0.25, 0.3) is 0 Å². The predicted molar refractivity (Wildman–Crippen MR) is 130 cm³/mol. The van der Waals surface area contributed by atoms with Crippen molar-refractivity contribution in [2.45, 2.75) is 0 Å². The molecule has 0 N–H and O–H groups in total. The van der Waals surface area contributed by atoms with Crippen LogP contribution < -0.4 is 9.47 Å². The Bertz CT molecular complexity index is 1290. The second kappa shape index (κ2) is 10.2. The lowest BCUT2D eigenvalue weighted by atomic mass is 10.0. The first-order valence-corrected chi connectivity index (χ1v) is 10.5. The van der Waals surface area contributed by atoms with Gasteiger partial charge in [-0.15, -0.1) is 0 Å². The monoisotopic (exact) mass is 434 g/mol. The van der Waals surface area contributed by atoms with Crippen LogP contribution in [0.5, 0.6) is 11.5 Å². The van der Waals surface area contributed by atoms with Gasteiger partial charge in [0.1, 0.15) is 17.1 Å². The maximum absolute atomic E-state index is 12.6. The van der Waals surface area contributed by atoms with E-state index >= 15 is 0 Å². The highest BCUT2D eigenvalue weighted by Gasteiger charge is 2.14. The SMILES string of the molecule is COc1ccccc1C(=O)Oc1cccc(/C=C/C(=O)c2ccc(-c3ccccc3)cc2)c1. The summed E-state index contributed by atoms with van der Waals surface area (Å²) in [5, 5.41) is 0. The van der Waals surface area contributed by atoms with Crippen LogP contribution in [-0.2, 0) is 0 Å². The Balaban J connectivity index is 1.44. The molecule has 0 fully saturated rings. The third-order valence-corrected chi connectivity index (χ3v) is 5.10. The summed E-state index contributed by atoms with van der Waals surface area (Å²) >= 11 is 0. The van der Waals surface area contributed by atoms with Crippen LogP contribution in [0.2, 0.25) is 0 Å². The fourth-order valence-electron chi connectivity index (χ4n) is 3.38. The predicted octanol–water partition coefficient (Wildman–Crippen LogP) is 6.48.